The number of nitro benzene ring substituents is 2. The van der Waals surface area contributed by atoms with Crippen LogP contribution in [0.25, 0.3) is 0 Å². The molecule has 0 saturated carbocycles. The molecule has 0 bridgehead atoms. The van der Waals surface area contributed by atoms with Crippen molar-refractivity contribution in [1.82, 2.24) is 0 Å². The van der Waals surface area contributed by atoms with Crippen LogP contribution in [0.15, 0.2) is 72.8 Å². The zero-order chi connectivity index (χ0) is 24.9. The number of nitro groups is 2. The molecule has 2 heterocycles. The summed E-state index contributed by atoms with van der Waals surface area (Å²) in [6.07, 6.45) is -1.35. The summed E-state index contributed by atoms with van der Waals surface area (Å²) in [4.78, 5) is 55.4. The molecule has 11 nitrogen and oxygen atoms in total. The molecule has 0 aliphatic carbocycles. The molecule has 2 saturated heterocycles. The summed E-state index contributed by atoms with van der Waals surface area (Å²) < 4.78 is 13.4. The number of nitrogens with zero attached hydrogens (tertiary/aromatic N) is 4. The Bertz CT molecular complexity index is 1380. The van der Waals surface area contributed by atoms with E-state index in [1.54, 1.807) is 6.07 Å². The highest BCUT2D eigenvalue weighted by Gasteiger charge is 2.61. The molecule has 0 radical (unpaired) electrons. The lowest BCUT2D eigenvalue weighted by Crippen LogP contribution is -2.37. The van der Waals surface area contributed by atoms with Gasteiger partial charge in [0, 0.05) is 18.2 Å². The van der Waals surface area contributed by atoms with Gasteiger partial charge >= 0.3 is 0 Å². The molecule has 2 amide bonds. The molecule has 35 heavy (non-hydrogen) atoms. The van der Waals surface area contributed by atoms with Gasteiger partial charge in [-0.3, -0.25) is 34.7 Å². The third kappa shape index (κ3) is 3.56. The molecule has 0 unspecified atom stereocenters. The Hall–Kier alpha value is -4.71. The third-order valence-corrected chi connectivity index (χ3v) is 5.95. The van der Waals surface area contributed by atoms with Crippen LogP contribution in [0.5, 0.6) is 0 Å². The van der Waals surface area contributed by atoms with Crippen LogP contribution in [0.3, 0.4) is 0 Å². The summed E-state index contributed by atoms with van der Waals surface area (Å²) in [5, 5.41) is 24.2. The summed E-state index contributed by atoms with van der Waals surface area (Å²) in [6.45, 7) is 0. The molecule has 2 aliphatic rings. The Morgan fingerprint density at radius 2 is 1.54 bits per heavy atom. The summed E-state index contributed by atoms with van der Waals surface area (Å²) in [6, 6.07) is 14.6. The Morgan fingerprint density at radius 1 is 0.829 bits per heavy atom. The maximum absolute atomic E-state index is 13.5. The summed E-state index contributed by atoms with van der Waals surface area (Å²) in [5.74, 6) is -3.18. The molecule has 3 atom stereocenters. The lowest BCUT2D eigenvalue weighted by molar-refractivity contribution is -0.385. The second kappa shape index (κ2) is 8.25. The Kier molecular flexibility index (Phi) is 5.21. The summed E-state index contributed by atoms with van der Waals surface area (Å²) >= 11 is 0. The van der Waals surface area contributed by atoms with Gasteiger partial charge in [0.1, 0.15) is 17.8 Å². The number of para-hydroxylation sites is 1. The zero-order valence-corrected chi connectivity index (χ0v) is 17.7. The number of amides is 2. The number of halogens is 1. The number of hydrogen-bond acceptors (Lipinski definition) is 8. The highest BCUT2D eigenvalue weighted by molar-refractivity contribution is 6.24. The van der Waals surface area contributed by atoms with Crippen molar-refractivity contribution in [1.29, 1.82) is 0 Å². The fourth-order valence-electron chi connectivity index (χ4n) is 4.45. The average Bonchev–Trinajstić information content (AvgIpc) is 3.36. The fraction of sp³-hybridized carbons (Fsp3) is 0.130. The van der Waals surface area contributed by atoms with Crippen molar-refractivity contribution in [2.24, 2.45) is 5.92 Å². The van der Waals surface area contributed by atoms with Crippen molar-refractivity contribution in [2.75, 3.05) is 9.96 Å². The number of carbonyl (C=O) groups is 2. The van der Waals surface area contributed by atoms with E-state index in [1.807, 2.05) is 0 Å². The first-order valence-corrected chi connectivity index (χ1v) is 10.3. The van der Waals surface area contributed by atoms with E-state index < -0.39 is 45.5 Å². The molecule has 2 fully saturated rings. The molecule has 3 aromatic rings. The number of benzene rings is 3. The Labute approximate surface area is 196 Å². The largest absolute Gasteiger partial charge is 0.274 e. The second-order valence-corrected chi connectivity index (χ2v) is 7.90. The predicted octanol–water partition coefficient (Wildman–Crippen LogP) is 3.69. The molecule has 0 spiro atoms. The highest BCUT2D eigenvalue weighted by Crippen LogP contribution is 2.49. The number of imide groups is 1. The van der Waals surface area contributed by atoms with Crippen molar-refractivity contribution in [3.63, 3.8) is 0 Å². The van der Waals surface area contributed by atoms with Gasteiger partial charge in [-0.2, -0.15) is 0 Å². The van der Waals surface area contributed by atoms with Crippen LogP contribution < -0.4 is 9.96 Å². The first kappa shape index (κ1) is 22.1. The van der Waals surface area contributed by atoms with Crippen molar-refractivity contribution in [3.05, 3.63) is 104 Å². The normalized spacial score (nSPS) is 21.3. The molecule has 176 valence electrons. The summed E-state index contributed by atoms with van der Waals surface area (Å²) in [7, 11) is 0. The molecule has 12 heteroatoms. The minimum Gasteiger partial charge on any atom is -0.273 e. The van der Waals surface area contributed by atoms with E-state index in [2.05, 4.69) is 0 Å². The molecule has 2 aliphatic heterocycles. The van der Waals surface area contributed by atoms with E-state index in [4.69, 9.17) is 4.84 Å². The standard InChI is InChI=1S/C23H15FN4O7/c24-13-8-10-14(11-9-13)25-22(29)19-20(17-6-1-2-7-18(17)28(33)34)26(35-21(19)23(25)30)15-4-3-5-16(12-15)27(31)32/h1-12,19-21H/t19-,20+,21+/m0/s1. The topological polar surface area (TPSA) is 136 Å². The summed E-state index contributed by atoms with van der Waals surface area (Å²) in [5.41, 5.74) is -0.209. The molecule has 0 N–H and O–H groups in total. The van der Waals surface area contributed by atoms with Gasteiger partial charge in [0.15, 0.2) is 6.10 Å². The van der Waals surface area contributed by atoms with Gasteiger partial charge in [-0.1, -0.05) is 18.2 Å². The van der Waals surface area contributed by atoms with Crippen molar-refractivity contribution in [2.45, 2.75) is 12.1 Å². The van der Waals surface area contributed by atoms with Crippen molar-refractivity contribution >= 4 is 34.6 Å². The first-order chi connectivity index (χ1) is 16.8. The molecule has 0 aromatic heterocycles. The fourth-order valence-corrected chi connectivity index (χ4v) is 4.45. The smallest absolute Gasteiger partial charge is 0.273 e. The quantitative estimate of drug-likeness (QED) is 0.308. The number of hydrogen-bond donors (Lipinski definition) is 0. The monoisotopic (exact) mass is 478 g/mol. The van der Waals surface area contributed by atoms with E-state index in [9.17, 15) is 34.2 Å². The number of fused-ring (bicyclic) bond motifs is 1. The highest BCUT2D eigenvalue weighted by atomic mass is 19.1. The van der Waals surface area contributed by atoms with Gasteiger partial charge < -0.3 is 0 Å². The molecule has 3 aromatic carbocycles. The number of non-ortho nitro benzene ring substituents is 1. The van der Waals surface area contributed by atoms with Crippen LogP contribution in [0, 0.1) is 32.0 Å². The van der Waals surface area contributed by atoms with Gasteiger partial charge in [0.25, 0.3) is 17.3 Å². The van der Waals surface area contributed by atoms with Gasteiger partial charge in [-0.15, -0.1) is 0 Å². The number of carbonyl (C=O) groups excluding carboxylic acids is 2. The first-order valence-electron chi connectivity index (χ1n) is 10.3. The van der Waals surface area contributed by atoms with Crippen molar-refractivity contribution < 1.29 is 28.7 Å². The maximum atomic E-state index is 13.5. The lowest BCUT2D eigenvalue weighted by atomic mass is 9.89. The average molecular weight is 478 g/mol. The van der Waals surface area contributed by atoms with E-state index >= 15 is 0 Å². The van der Waals surface area contributed by atoms with Crippen molar-refractivity contribution in [3.8, 4) is 0 Å². The van der Waals surface area contributed by atoms with Crippen LogP contribution in [-0.2, 0) is 14.4 Å². The third-order valence-electron chi connectivity index (χ3n) is 5.95. The van der Waals surface area contributed by atoms with Gasteiger partial charge in [0.2, 0.25) is 5.91 Å². The second-order valence-electron chi connectivity index (χ2n) is 7.90. The molecule has 5 rings (SSSR count). The predicted molar refractivity (Wildman–Crippen MR) is 119 cm³/mol. The maximum Gasteiger partial charge on any atom is 0.274 e. The van der Waals surface area contributed by atoms with Gasteiger partial charge in [-0.05, 0) is 36.4 Å². The van der Waals surface area contributed by atoms with Crippen LogP contribution in [-0.4, -0.2) is 27.8 Å². The van der Waals surface area contributed by atoms with E-state index in [0.717, 1.165) is 22.1 Å². The Morgan fingerprint density at radius 3 is 2.23 bits per heavy atom. The molecular formula is C23H15FN4O7. The zero-order valence-electron chi connectivity index (χ0n) is 17.7. The Balaban J connectivity index is 1.64. The van der Waals surface area contributed by atoms with Crippen LogP contribution in [0.4, 0.5) is 27.1 Å². The van der Waals surface area contributed by atoms with E-state index in [0.29, 0.717) is 0 Å². The van der Waals surface area contributed by atoms with E-state index in [-0.39, 0.29) is 28.3 Å². The number of anilines is 2. The minimum absolute atomic E-state index is 0.0959. The number of hydroxylamine groups is 1. The SMILES string of the molecule is O=C1[C@H]2[C@@H](c3ccccc3[N+](=O)[O-])N(c3cccc([N+](=O)[O-])c3)O[C@H]2C(=O)N1c1ccc(F)cc1. The van der Waals surface area contributed by atoms with Gasteiger partial charge in [-0.25, -0.2) is 14.4 Å². The number of rotatable bonds is 5. The molecular weight excluding hydrogens is 463 g/mol. The minimum atomic E-state index is -1.35. The van der Waals surface area contributed by atoms with E-state index in [1.165, 1.54) is 54.6 Å². The van der Waals surface area contributed by atoms with Crippen LogP contribution >= 0.6 is 0 Å². The van der Waals surface area contributed by atoms with Crippen LogP contribution in [0.1, 0.15) is 11.6 Å². The van der Waals surface area contributed by atoms with Gasteiger partial charge in [0.05, 0.1) is 26.8 Å². The van der Waals surface area contributed by atoms with Crippen LogP contribution in [0.2, 0.25) is 0 Å². The lowest BCUT2D eigenvalue weighted by Gasteiger charge is -2.28.